The van der Waals surface area contributed by atoms with Crippen molar-refractivity contribution in [2.24, 2.45) is 5.73 Å². The first-order chi connectivity index (χ1) is 11.8. The lowest BCUT2D eigenvalue weighted by Gasteiger charge is -2.11. The van der Waals surface area contributed by atoms with Crippen LogP contribution in [0.5, 0.6) is 5.75 Å². The molecule has 0 aromatic heterocycles. The van der Waals surface area contributed by atoms with Crippen molar-refractivity contribution in [3.05, 3.63) is 59.1 Å². The normalized spacial score (nSPS) is 25.6. The number of methoxy groups -OCH3 is 2. The standard InChI is InChI=1S/C18H20ClNO4S/c1-23-11-18(20)16(12-3-7-14(24-2)8-4-12)17(18)25(21,22)15-9-5-13(19)6-10-15/h3-10,16-17H,11,20H2,1-2H3/t16-,17+,18+/m1/s1. The van der Waals surface area contributed by atoms with Crippen molar-refractivity contribution >= 4 is 21.4 Å². The van der Waals surface area contributed by atoms with E-state index in [1.165, 1.54) is 19.2 Å². The Morgan fingerprint density at radius 2 is 1.68 bits per heavy atom. The van der Waals surface area contributed by atoms with E-state index in [9.17, 15) is 8.42 Å². The van der Waals surface area contributed by atoms with Crippen LogP contribution in [-0.2, 0) is 14.6 Å². The van der Waals surface area contributed by atoms with Gasteiger partial charge in [-0.1, -0.05) is 23.7 Å². The van der Waals surface area contributed by atoms with Crippen LogP contribution in [0.3, 0.4) is 0 Å². The number of hydrogen-bond acceptors (Lipinski definition) is 5. The Hall–Kier alpha value is -1.60. The molecule has 1 saturated carbocycles. The van der Waals surface area contributed by atoms with E-state index in [2.05, 4.69) is 0 Å². The number of nitrogens with two attached hydrogens (primary N) is 1. The van der Waals surface area contributed by atoms with E-state index < -0.39 is 20.6 Å². The van der Waals surface area contributed by atoms with Gasteiger partial charge in [0, 0.05) is 18.1 Å². The van der Waals surface area contributed by atoms with Crippen molar-refractivity contribution in [2.45, 2.75) is 21.6 Å². The van der Waals surface area contributed by atoms with E-state index in [1.807, 2.05) is 12.1 Å². The molecule has 0 heterocycles. The molecule has 2 aromatic carbocycles. The van der Waals surface area contributed by atoms with Gasteiger partial charge in [0.05, 0.1) is 29.4 Å². The average Bonchev–Trinajstić information content (AvgIpc) is 3.22. The lowest BCUT2D eigenvalue weighted by atomic mass is 10.1. The van der Waals surface area contributed by atoms with Crippen molar-refractivity contribution in [1.82, 2.24) is 0 Å². The topological polar surface area (TPSA) is 78.6 Å². The van der Waals surface area contributed by atoms with E-state index in [4.69, 9.17) is 26.8 Å². The van der Waals surface area contributed by atoms with Gasteiger partial charge in [0.2, 0.25) is 0 Å². The van der Waals surface area contributed by atoms with Crippen molar-refractivity contribution in [3.8, 4) is 5.75 Å². The van der Waals surface area contributed by atoms with Crippen molar-refractivity contribution in [1.29, 1.82) is 0 Å². The fourth-order valence-corrected chi connectivity index (χ4v) is 5.80. The summed E-state index contributed by atoms with van der Waals surface area (Å²) in [4.78, 5) is 0.212. The highest BCUT2D eigenvalue weighted by Gasteiger charge is 2.69. The molecule has 0 radical (unpaired) electrons. The summed E-state index contributed by atoms with van der Waals surface area (Å²) in [5.41, 5.74) is 6.32. The number of benzene rings is 2. The van der Waals surface area contributed by atoms with Gasteiger partial charge in [-0.15, -0.1) is 0 Å². The second kappa shape index (κ2) is 6.61. The molecule has 0 saturated heterocycles. The molecule has 7 heteroatoms. The second-order valence-electron chi connectivity index (χ2n) is 6.22. The largest absolute Gasteiger partial charge is 0.497 e. The number of sulfone groups is 1. The van der Waals surface area contributed by atoms with Crippen LogP contribution < -0.4 is 10.5 Å². The molecule has 134 valence electrons. The molecule has 0 spiro atoms. The molecule has 5 nitrogen and oxygen atoms in total. The van der Waals surface area contributed by atoms with Crippen molar-refractivity contribution in [2.75, 3.05) is 20.8 Å². The molecule has 0 amide bonds. The maximum absolute atomic E-state index is 13.1. The Labute approximate surface area is 152 Å². The van der Waals surface area contributed by atoms with E-state index in [-0.39, 0.29) is 17.4 Å². The van der Waals surface area contributed by atoms with Gasteiger partial charge in [-0.05, 0) is 42.0 Å². The van der Waals surface area contributed by atoms with E-state index >= 15 is 0 Å². The van der Waals surface area contributed by atoms with Crippen molar-refractivity contribution < 1.29 is 17.9 Å². The molecule has 2 aromatic rings. The minimum absolute atomic E-state index is 0.154. The first-order valence-electron chi connectivity index (χ1n) is 7.76. The predicted octanol–water partition coefficient (Wildman–Crippen LogP) is 2.63. The maximum Gasteiger partial charge on any atom is 0.183 e. The maximum atomic E-state index is 13.1. The highest BCUT2D eigenvalue weighted by Crippen LogP contribution is 2.55. The Balaban J connectivity index is 1.99. The molecule has 0 aliphatic heterocycles. The quantitative estimate of drug-likeness (QED) is 0.832. The SMILES string of the molecule is COC[C@]1(N)[C@H](c2ccc(OC)cc2)[C@@H]1S(=O)(=O)c1ccc(Cl)cc1. The second-order valence-corrected chi connectivity index (χ2v) is 8.72. The summed E-state index contributed by atoms with van der Waals surface area (Å²) in [7, 11) is -0.521. The minimum atomic E-state index is -3.62. The zero-order valence-corrected chi connectivity index (χ0v) is 15.5. The summed E-state index contributed by atoms with van der Waals surface area (Å²) >= 11 is 5.86. The Morgan fingerprint density at radius 1 is 1.08 bits per heavy atom. The zero-order valence-electron chi connectivity index (χ0n) is 14.0. The van der Waals surface area contributed by atoms with E-state index in [1.54, 1.807) is 31.4 Å². The third-order valence-electron chi connectivity index (χ3n) is 4.65. The Bertz CT molecular complexity index is 852. The van der Waals surface area contributed by atoms with Gasteiger partial charge in [0.25, 0.3) is 0 Å². The third kappa shape index (κ3) is 3.15. The van der Waals surface area contributed by atoms with Gasteiger partial charge in [-0.3, -0.25) is 0 Å². The molecule has 1 aliphatic rings. The molecular formula is C18H20ClNO4S. The van der Waals surface area contributed by atoms with Crippen LogP contribution in [-0.4, -0.2) is 40.0 Å². The van der Waals surface area contributed by atoms with Gasteiger partial charge >= 0.3 is 0 Å². The highest BCUT2D eigenvalue weighted by molar-refractivity contribution is 7.92. The molecule has 3 rings (SSSR count). The molecule has 0 unspecified atom stereocenters. The van der Waals surface area contributed by atoms with E-state index in [0.717, 1.165) is 5.56 Å². The van der Waals surface area contributed by atoms with Gasteiger partial charge < -0.3 is 15.2 Å². The molecular weight excluding hydrogens is 362 g/mol. The van der Waals surface area contributed by atoms with Crippen LogP contribution in [0.25, 0.3) is 0 Å². The van der Waals surface area contributed by atoms with Crippen LogP contribution in [0.1, 0.15) is 11.5 Å². The smallest absolute Gasteiger partial charge is 0.183 e. The Kier molecular flexibility index (Phi) is 4.81. The average molecular weight is 382 g/mol. The van der Waals surface area contributed by atoms with Crippen molar-refractivity contribution in [3.63, 3.8) is 0 Å². The first-order valence-corrected chi connectivity index (χ1v) is 9.68. The number of ether oxygens (including phenoxy) is 2. The monoisotopic (exact) mass is 381 g/mol. The minimum Gasteiger partial charge on any atom is -0.497 e. The van der Waals surface area contributed by atoms with Gasteiger partial charge in [-0.2, -0.15) is 0 Å². The summed E-state index contributed by atoms with van der Waals surface area (Å²) in [6.45, 7) is 0.154. The molecule has 0 bridgehead atoms. The van der Waals surface area contributed by atoms with Gasteiger partial charge in [-0.25, -0.2) is 8.42 Å². The fourth-order valence-electron chi connectivity index (χ4n) is 3.38. The molecule has 3 atom stereocenters. The summed E-state index contributed by atoms with van der Waals surface area (Å²) in [6, 6.07) is 13.4. The van der Waals surface area contributed by atoms with Crippen LogP contribution in [0, 0.1) is 0 Å². The van der Waals surface area contributed by atoms with Gasteiger partial charge in [0.15, 0.2) is 9.84 Å². The van der Waals surface area contributed by atoms with Crippen LogP contribution >= 0.6 is 11.6 Å². The van der Waals surface area contributed by atoms with Crippen LogP contribution in [0.4, 0.5) is 0 Å². The fraction of sp³-hybridized carbons (Fsp3) is 0.333. The first kappa shape index (κ1) is 18.2. The van der Waals surface area contributed by atoms with Gasteiger partial charge in [0.1, 0.15) is 5.75 Å². The number of halogens is 1. The van der Waals surface area contributed by atoms with Crippen LogP contribution in [0.2, 0.25) is 5.02 Å². The molecule has 2 N–H and O–H groups in total. The zero-order chi connectivity index (χ0) is 18.2. The molecule has 1 aliphatic carbocycles. The van der Waals surface area contributed by atoms with Crippen LogP contribution in [0.15, 0.2) is 53.4 Å². The lowest BCUT2D eigenvalue weighted by Crippen LogP contribution is -2.35. The highest BCUT2D eigenvalue weighted by atomic mass is 35.5. The number of hydrogen-bond donors (Lipinski definition) is 1. The predicted molar refractivity (Wildman–Crippen MR) is 97.0 cm³/mol. The molecule has 25 heavy (non-hydrogen) atoms. The van der Waals surface area contributed by atoms with E-state index in [0.29, 0.717) is 10.8 Å². The number of rotatable bonds is 6. The lowest BCUT2D eigenvalue weighted by molar-refractivity contribution is 0.171. The Morgan fingerprint density at radius 3 is 2.20 bits per heavy atom. The summed E-state index contributed by atoms with van der Waals surface area (Å²) in [6.07, 6.45) is 0. The summed E-state index contributed by atoms with van der Waals surface area (Å²) in [5.74, 6) is 0.356. The molecule has 1 fully saturated rings. The summed E-state index contributed by atoms with van der Waals surface area (Å²) in [5, 5.41) is -0.271. The third-order valence-corrected chi connectivity index (χ3v) is 7.21. The summed E-state index contributed by atoms with van der Waals surface area (Å²) < 4.78 is 36.6.